The second-order valence-corrected chi connectivity index (χ2v) is 5.09. The van der Waals surface area contributed by atoms with Crippen molar-refractivity contribution < 1.29 is 5.11 Å². The molecule has 0 saturated carbocycles. The molecule has 1 aromatic carbocycles. The van der Waals surface area contributed by atoms with Crippen molar-refractivity contribution in [3.8, 4) is 5.75 Å². The Kier molecular flexibility index (Phi) is 4.76. The first-order valence-corrected chi connectivity index (χ1v) is 6.04. The van der Waals surface area contributed by atoms with Crippen LogP contribution in [0.2, 0.25) is 0 Å². The number of phenols is 1. The van der Waals surface area contributed by atoms with Crippen LogP contribution >= 0.6 is 0 Å². The van der Waals surface area contributed by atoms with E-state index in [4.69, 9.17) is 0 Å². The summed E-state index contributed by atoms with van der Waals surface area (Å²) in [5.41, 5.74) is 3.47. The molecule has 2 nitrogen and oxygen atoms in total. The van der Waals surface area contributed by atoms with Crippen molar-refractivity contribution in [2.45, 2.75) is 20.8 Å². The van der Waals surface area contributed by atoms with Gasteiger partial charge < -0.3 is 10.0 Å². The van der Waals surface area contributed by atoms with Crippen LogP contribution in [0.5, 0.6) is 5.75 Å². The van der Waals surface area contributed by atoms with Crippen LogP contribution < -0.4 is 0 Å². The Hall–Kier alpha value is -1.28. The molecule has 0 saturated heterocycles. The highest BCUT2D eigenvalue weighted by Crippen LogP contribution is 2.32. The number of rotatable bonds is 4. The van der Waals surface area contributed by atoms with E-state index in [9.17, 15) is 5.11 Å². The first-order valence-electron chi connectivity index (χ1n) is 6.04. The van der Waals surface area contributed by atoms with Crippen molar-refractivity contribution in [3.63, 3.8) is 0 Å². The monoisotopic (exact) mass is 233 g/mol. The topological polar surface area (TPSA) is 23.5 Å². The summed E-state index contributed by atoms with van der Waals surface area (Å²) in [6, 6.07) is 7.57. The molecule has 0 aliphatic carbocycles. The second kappa shape index (κ2) is 5.87. The first-order chi connectivity index (χ1) is 7.93. The number of benzene rings is 1. The molecule has 1 atom stereocenters. The van der Waals surface area contributed by atoms with Gasteiger partial charge in [0.25, 0.3) is 0 Å². The standard InChI is InChI=1S/C15H23NO/c1-11(2)15(12(3)10-16(4)5)13-8-6-7-9-14(13)17/h6-9,12,17H,10H2,1-5H3. The number of hydrogen-bond acceptors (Lipinski definition) is 2. The summed E-state index contributed by atoms with van der Waals surface area (Å²) in [7, 11) is 4.15. The molecule has 0 heterocycles. The number of phenolic OH excluding ortho intramolecular Hbond substituents is 1. The van der Waals surface area contributed by atoms with Gasteiger partial charge in [-0.1, -0.05) is 30.7 Å². The molecule has 17 heavy (non-hydrogen) atoms. The molecule has 1 rings (SSSR count). The lowest BCUT2D eigenvalue weighted by Crippen LogP contribution is -2.21. The number of nitrogens with zero attached hydrogens (tertiary/aromatic N) is 1. The molecule has 0 aliphatic heterocycles. The SMILES string of the molecule is CC(C)=C(c1ccccc1O)C(C)CN(C)C. The van der Waals surface area contributed by atoms with Crippen LogP contribution in [-0.2, 0) is 0 Å². The molecule has 1 N–H and O–H groups in total. The fourth-order valence-corrected chi connectivity index (χ4v) is 2.37. The fourth-order valence-electron chi connectivity index (χ4n) is 2.37. The predicted molar refractivity (Wildman–Crippen MR) is 74.1 cm³/mol. The van der Waals surface area contributed by atoms with Crippen LogP contribution in [0.25, 0.3) is 5.57 Å². The van der Waals surface area contributed by atoms with E-state index in [-0.39, 0.29) is 0 Å². The fraction of sp³-hybridized carbons (Fsp3) is 0.467. The molecule has 0 bridgehead atoms. The maximum atomic E-state index is 9.97. The van der Waals surface area contributed by atoms with Crippen molar-refractivity contribution >= 4 is 5.57 Å². The Balaban J connectivity index is 3.13. The number of allylic oxidation sites excluding steroid dienone is 1. The summed E-state index contributed by atoms with van der Waals surface area (Å²) in [6.07, 6.45) is 0. The molecule has 94 valence electrons. The van der Waals surface area contributed by atoms with Gasteiger partial charge in [0.15, 0.2) is 0 Å². The Morgan fingerprint density at radius 1 is 1.24 bits per heavy atom. The smallest absolute Gasteiger partial charge is 0.123 e. The highest BCUT2D eigenvalue weighted by Gasteiger charge is 2.16. The lowest BCUT2D eigenvalue weighted by atomic mass is 9.89. The second-order valence-electron chi connectivity index (χ2n) is 5.09. The van der Waals surface area contributed by atoms with E-state index in [0.29, 0.717) is 11.7 Å². The van der Waals surface area contributed by atoms with Crippen LogP contribution in [0.4, 0.5) is 0 Å². The molecular formula is C15H23NO. The maximum Gasteiger partial charge on any atom is 0.123 e. The third-order valence-electron chi connectivity index (χ3n) is 2.86. The zero-order valence-electron chi connectivity index (χ0n) is 11.5. The van der Waals surface area contributed by atoms with Crippen molar-refractivity contribution in [3.05, 3.63) is 35.4 Å². The van der Waals surface area contributed by atoms with Crippen LogP contribution in [-0.4, -0.2) is 30.6 Å². The summed E-state index contributed by atoms with van der Waals surface area (Å²) >= 11 is 0. The van der Waals surface area contributed by atoms with E-state index in [1.807, 2.05) is 18.2 Å². The van der Waals surface area contributed by atoms with Crippen molar-refractivity contribution in [2.75, 3.05) is 20.6 Å². The molecule has 0 radical (unpaired) electrons. The van der Waals surface area contributed by atoms with Crippen molar-refractivity contribution in [1.29, 1.82) is 0 Å². The van der Waals surface area contributed by atoms with Gasteiger partial charge in [0, 0.05) is 12.1 Å². The first kappa shape index (κ1) is 13.8. The molecule has 2 heteroatoms. The quantitative estimate of drug-likeness (QED) is 0.861. The van der Waals surface area contributed by atoms with Gasteiger partial charge in [-0.15, -0.1) is 0 Å². The summed E-state index contributed by atoms with van der Waals surface area (Å²) in [5.74, 6) is 0.776. The Labute approximate surface area is 105 Å². The number of aromatic hydroxyl groups is 1. The maximum absolute atomic E-state index is 9.97. The van der Waals surface area contributed by atoms with Gasteiger partial charge in [0.2, 0.25) is 0 Å². The third-order valence-corrected chi connectivity index (χ3v) is 2.86. The van der Waals surface area contributed by atoms with E-state index in [1.54, 1.807) is 6.07 Å². The molecule has 1 aromatic rings. The van der Waals surface area contributed by atoms with Gasteiger partial charge in [0.1, 0.15) is 5.75 Å². The van der Waals surface area contributed by atoms with Crippen molar-refractivity contribution in [2.24, 2.45) is 5.92 Å². The van der Waals surface area contributed by atoms with Crippen LogP contribution in [0.3, 0.4) is 0 Å². The minimum Gasteiger partial charge on any atom is -0.507 e. The molecular weight excluding hydrogens is 210 g/mol. The largest absolute Gasteiger partial charge is 0.507 e. The lowest BCUT2D eigenvalue weighted by molar-refractivity contribution is 0.374. The third kappa shape index (κ3) is 3.60. The average molecular weight is 233 g/mol. The summed E-state index contributed by atoms with van der Waals surface area (Å²) in [6.45, 7) is 7.39. The number of hydrogen-bond donors (Lipinski definition) is 1. The average Bonchev–Trinajstić information content (AvgIpc) is 2.19. The van der Waals surface area contributed by atoms with Crippen LogP contribution in [0, 0.1) is 5.92 Å². The van der Waals surface area contributed by atoms with Gasteiger partial charge in [-0.25, -0.2) is 0 Å². The van der Waals surface area contributed by atoms with E-state index in [0.717, 1.165) is 12.1 Å². The van der Waals surface area contributed by atoms with Crippen molar-refractivity contribution in [1.82, 2.24) is 4.90 Å². The van der Waals surface area contributed by atoms with Gasteiger partial charge in [-0.05, 0) is 45.5 Å². The van der Waals surface area contributed by atoms with E-state index in [1.165, 1.54) is 11.1 Å². The molecule has 0 spiro atoms. The number of para-hydroxylation sites is 1. The Morgan fingerprint density at radius 3 is 2.29 bits per heavy atom. The Bertz CT molecular complexity index is 403. The predicted octanol–water partition coefficient (Wildman–Crippen LogP) is 3.38. The highest BCUT2D eigenvalue weighted by atomic mass is 16.3. The van der Waals surface area contributed by atoms with Gasteiger partial charge >= 0.3 is 0 Å². The summed E-state index contributed by atoms with van der Waals surface area (Å²) < 4.78 is 0. The van der Waals surface area contributed by atoms with Crippen LogP contribution in [0.15, 0.2) is 29.8 Å². The summed E-state index contributed by atoms with van der Waals surface area (Å²) in [5, 5.41) is 9.97. The molecule has 0 aromatic heterocycles. The molecule has 1 unspecified atom stereocenters. The minimum absolute atomic E-state index is 0.370. The van der Waals surface area contributed by atoms with Gasteiger partial charge in [-0.3, -0.25) is 0 Å². The summed E-state index contributed by atoms with van der Waals surface area (Å²) in [4.78, 5) is 2.17. The minimum atomic E-state index is 0.370. The lowest BCUT2D eigenvalue weighted by Gasteiger charge is -2.22. The molecule has 0 amide bonds. The molecule has 0 fully saturated rings. The van der Waals surface area contributed by atoms with Crippen LogP contribution in [0.1, 0.15) is 26.3 Å². The normalized spacial score (nSPS) is 12.6. The zero-order valence-corrected chi connectivity index (χ0v) is 11.5. The highest BCUT2D eigenvalue weighted by molar-refractivity contribution is 5.73. The van der Waals surface area contributed by atoms with E-state index < -0.39 is 0 Å². The zero-order chi connectivity index (χ0) is 13.0. The Morgan fingerprint density at radius 2 is 1.82 bits per heavy atom. The van der Waals surface area contributed by atoms with Gasteiger partial charge in [0.05, 0.1) is 0 Å². The molecule has 0 aliphatic rings. The van der Waals surface area contributed by atoms with E-state index >= 15 is 0 Å². The van der Waals surface area contributed by atoms with Gasteiger partial charge in [-0.2, -0.15) is 0 Å². The van der Waals surface area contributed by atoms with E-state index in [2.05, 4.69) is 39.8 Å².